The summed E-state index contributed by atoms with van der Waals surface area (Å²) in [7, 11) is 0. The van der Waals surface area contributed by atoms with Crippen molar-refractivity contribution in [1.82, 2.24) is 4.98 Å². The highest BCUT2D eigenvalue weighted by Gasteiger charge is 2.19. The molecule has 1 aliphatic rings. The maximum absolute atomic E-state index is 12.0. The number of carbonyl (C=O) groups is 1. The van der Waals surface area contributed by atoms with Crippen LogP contribution < -0.4 is 0 Å². The number of halogens is 1. The molecule has 0 radical (unpaired) electrons. The van der Waals surface area contributed by atoms with Crippen molar-refractivity contribution in [1.29, 1.82) is 0 Å². The standard InChI is InChI=1S/C14H18ClNO2/c1-2-11-8-10(9-13(15)16-11)14(17)18-12-6-4-3-5-7-12/h8-9,12H,2-7H2,1H3. The lowest BCUT2D eigenvalue weighted by Crippen LogP contribution is -2.21. The van der Waals surface area contributed by atoms with Gasteiger partial charge >= 0.3 is 5.97 Å². The minimum atomic E-state index is -0.277. The highest BCUT2D eigenvalue weighted by molar-refractivity contribution is 6.29. The zero-order valence-electron chi connectivity index (χ0n) is 10.6. The van der Waals surface area contributed by atoms with E-state index in [0.29, 0.717) is 10.7 Å². The lowest BCUT2D eigenvalue weighted by Gasteiger charge is -2.21. The molecule has 0 aromatic carbocycles. The van der Waals surface area contributed by atoms with Gasteiger partial charge in [0.05, 0.1) is 5.56 Å². The molecule has 18 heavy (non-hydrogen) atoms. The van der Waals surface area contributed by atoms with Gasteiger partial charge in [-0.15, -0.1) is 0 Å². The minimum absolute atomic E-state index is 0.0725. The largest absolute Gasteiger partial charge is 0.459 e. The molecule has 0 spiro atoms. The second-order valence-corrected chi connectivity index (χ2v) is 5.08. The summed E-state index contributed by atoms with van der Waals surface area (Å²) in [5.74, 6) is -0.277. The molecule has 0 amide bonds. The van der Waals surface area contributed by atoms with Gasteiger partial charge in [-0.25, -0.2) is 9.78 Å². The van der Waals surface area contributed by atoms with Gasteiger partial charge in [-0.1, -0.05) is 24.9 Å². The summed E-state index contributed by atoms with van der Waals surface area (Å²) in [6, 6.07) is 3.34. The number of pyridine rings is 1. The Morgan fingerprint density at radius 3 is 2.78 bits per heavy atom. The SMILES string of the molecule is CCc1cc(C(=O)OC2CCCCC2)cc(Cl)n1. The van der Waals surface area contributed by atoms with Gasteiger partial charge in [-0.2, -0.15) is 0 Å². The van der Waals surface area contributed by atoms with Gasteiger partial charge in [0.25, 0.3) is 0 Å². The molecule has 0 atom stereocenters. The van der Waals surface area contributed by atoms with Crippen molar-refractivity contribution in [2.45, 2.75) is 51.6 Å². The van der Waals surface area contributed by atoms with E-state index < -0.39 is 0 Å². The van der Waals surface area contributed by atoms with Crippen molar-refractivity contribution in [3.63, 3.8) is 0 Å². The average molecular weight is 268 g/mol. The van der Waals surface area contributed by atoms with Crippen molar-refractivity contribution in [2.24, 2.45) is 0 Å². The molecule has 1 aliphatic carbocycles. The second-order valence-electron chi connectivity index (χ2n) is 4.69. The fourth-order valence-corrected chi connectivity index (χ4v) is 2.48. The lowest BCUT2D eigenvalue weighted by molar-refractivity contribution is 0.0211. The third-order valence-electron chi connectivity index (χ3n) is 3.27. The van der Waals surface area contributed by atoms with E-state index in [9.17, 15) is 4.79 Å². The van der Waals surface area contributed by atoms with Gasteiger partial charge in [0, 0.05) is 5.69 Å². The Hall–Kier alpha value is -1.09. The van der Waals surface area contributed by atoms with Gasteiger partial charge in [0.2, 0.25) is 0 Å². The first kappa shape index (κ1) is 13.3. The van der Waals surface area contributed by atoms with Gasteiger partial charge in [0.15, 0.2) is 0 Å². The Kier molecular flexibility index (Phi) is 4.59. The molecular formula is C14H18ClNO2. The molecule has 1 aromatic rings. The van der Waals surface area contributed by atoms with Crippen LogP contribution in [0.2, 0.25) is 5.15 Å². The van der Waals surface area contributed by atoms with Crippen molar-refractivity contribution < 1.29 is 9.53 Å². The van der Waals surface area contributed by atoms with Crippen molar-refractivity contribution in [2.75, 3.05) is 0 Å². The lowest BCUT2D eigenvalue weighted by atomic mass is 9.98. The van der Waals surface area contributed by atoms with E-state index in [-0.39, 0.29) is 12.1 Å². The topological polar surface area (TPSA) is 39.2 Å². The van der Waals surface area contributed by atoms with Gasteiger partial charge in [-0.3, -0.25) is 0 Å². The monoisotopic (exact) mass is 267 g/mol. The molecule has 4 heteroatoms. The number of hydrogen-bond donors (Lipinski definition) is 0. The van der Waals surface area contributed by atoms with E-state index in [0.717, 1.165) is 37.8 Å². The Bertz CT molecular complexity index is 428. The number of hydrogen-bond acceptors (Lipinski definition) is 3. The van der Waals surface area contributed by atoms with Gasteiger partial charge in [0.1, 0.15) is 11.3 Å². The van der Waals surface area contributed by atoms with Crippen LogP contribution in [0.25, 0.3) is 0 Å². The van der Waals surface area contributed by atoms with Gasteiger partial charge in [-0.05, 0) is 44.2 Å². The summed E-state index contributed by atoms with van der Waals surface area (Å²) >= 11 is 5.90. The number of rotatable bonds is 3. The van der Waals surface area contributed by atoms with Crippen LogP contribution in [0.4, 0.5) is 0 Å². The van der Waals surface area contributed by atoms with Crippen molar-refractivity contribution >= 4 is 17.6 Å². The quantitative estimate of drug-likeness (QED) is 0.618. The number of aromatic nitrogens is 1. The predicted octanol–water partition coefficient (Wildman–Crippen LogP) is 3.79. The summed E-state index contributed by atoms with van der Waals surface area (Å²) in [6.45, 7) is 1.98. The van der Waals surface area contributed by atoms with E-state index in [4.69, 9.17) is 16.3 Å². The first-order chi connectivity index (χ1) is 8.69. The highest BCUT2D eigenvalue weighted by Crippen LogP contribution is 2.22. The Labute approximate surface area is 113 Å². The molecule has 2 rings (SSSR count). The first-order valence-electron chi connectivity index (χ1n) is 6.56. The summed E-state index contributed by atoms with van der Waals surface area (Å²) in [5.41, 5.74) is 1.33. The summed E-state index contributed by atoms with van der Waals surface area (Å²) < 4.78 is 5.51. The zero-order chi connectivity index (χ0) is 13.0. The number of aryl methyl sites for hydroxylation is 1. The van der Waals surface area contributed by atoms with Crippen LogP contribution in [0.5, 0.6) is 0 Å². The van der Waals surface area contributed by atoms with Crippen molar-refractivity contribution in [3.8, 4) is 0 Å². The molecule has 1 fully saturated rings. The molecular weight excluding hydrogens is 250 g/mol. The van der Waals surface area contributed by atoms with Crippen LogP contribution >= 0.6 is 11.6 Å². The van der Waals surface area contributed by atoms with E-state index in [2.05, 4.69) is 4.98 Å². The normalized spacial score (nSPS) is 16.6. The minimum Gasteiger partial charge on any atom is -0.459 e. The molecule has 98 valence electrons. The molecule has 0 unspecified atom stereocenters. The van der Waals surface area contributed by atoms with Crippen LogP contribution in [0.1, 0.15) is 55.1 Å². The van der Waals surface area contributed by atoms with E-state index in [1.54, 1.807) is 12.1 Å². The van der Waals surface area contributed by atoms with E-state index >= 15 is 0 Å². The smallest absolute Gasteiger partial charge is 0.338 e. The third kappa shape index (κ3) is 3.45. The third-order valence-corrected chi connectivity index (χ3v) is 3.46. The first-order valence-corrected chi connectivity index (χ1v) is 6.94. The fourth-order valence-electron chi connectivity index (χ4n) is 2.25. The maximum atomic E-state index is 12.0. The average Bonchev–Trinajstić information content (AvgIpc) is 2.39. The van der Waals surface area contributed by atoms with Crippen LogP contribution in [0.15, 0.2) is 12.1 Å². The number of esters is 1. The van der Waals surface area contributed by atoms with Crippen LogP contribution in [-0.2, 0) is 11.2 Å². The predicted molar refractivity (Wildman–Crippen MR) is 70.9 cm³/mol. The molecule has 0 bridgehead atoms. The summed E-state index contributed by atoms with van der Waals surface area (Å²) in [6.07, 6.45) is 6.32. The summed E-state index contributed by atoms with van der Waals surface area (Å²) in [5, 5.41) is 0.352. The number of nitrogens with zero attached hydrogens (tertiary/aromatic N) is 1. The molecule has 1 heterocycles. The van der Waals surface area contributed by atoms with E-state index in [1.807, 2.05) is 6.92 Å². The van der Waals surface area contributed by atoms with Crippen LogP contribution in [0, 0.1) is 0 Å². The molecule has 0 aliphatic heterocycles. The Balaban J connectivity index is 2.05. The van der Waals surface area contributed by atoms with Crippen LogP contribution in [-0.4, -0.2) is 17.1 Å². The number of ether oxygens (including phenoxy) is 1. The van der Waals surface area contributed by atoms with Crippen LogP contribution in [0.3, 0.4) is 0 Å². The number of carbonyl (C=O) groups excluding carboxylic acids is 1. The second kappa shape index (κ2) is 6.19. The van der Waals surface area contributed by atoms with E-state index in [1.165, 1.54) is 6.42 Å². The molecule has 3 nitrogen and oxygen atoms in total. The van der Waals surface area contributed by atoms with Crippen molar-refractivity contribution in [3.05, 3.63) is 28.5 Å². The highest BCUT2D eigenvalue weighted by atomic mass is 35.5. The molecule has 0 N–H and O–H groups in total. The zero-order valence-corrected chi connectivity index (χ0v) is 11.4. The fraction of sp³-hybridized carbons (Fsp3) is 0.571. The maximum Gasteiger partial charge on any atom is 0.338 e. The molecule has 1 saturated carbocycles. The molecule has 1 aromatic heterocycles. The van der Waals surface area contributed by atoms with Gasteiger partial charge < -0.3 is 4.74 Å². The summed E-state index contributed by atoms with van der Waals surface area (Å²) in [4.78, 5) is 16.2. The Morgan fingerprint density at radius 2 is 2.11 bits per heavy atom. The molecule has 0 saturated heterocycles. The Morgan fingerprint density at radius 1 is 1.39 bits per heavy atom.